The van der Waals surface area contributed by atoms with Crippen LogP contribution in [0, 0.1) is 6.92 Å². The normalized spacial score (nSPS) is 17.7. The van der Waals surface area contributed by atoms with Crippen LogP contribution in [0.2, 0.25) is 0 Å². The molecule has 3 amide bonds. The van der Waals surface area contributed by atoms with Crippen molar-refractivity contribution in [3.8, 4) is 11.5 Å². The first kappa shape index (κ1) is 18.2. The average Bonchev–Trinajstić information content (AvgIpc) is 2.70. The number of amides is 3. The number of fused-ring (bicyclic) bond motifs is 2. The molecule has 2 N–H and O–H groups in total. The fourth-order valence-electron chi connectivity index (χ4n) is 3.62. The third-order valence-corrected chi connectivity index (χ3v) is 5.18. The van der Waals surface area contributed by atoms with Crippen LogP contribution in [0.1, 0.15) is 23.5 Å². The maximum absolute atomic E-state index is 12.4. The van der Waals surface area contributed by atoms with Crippen LogP contribution < -0.4 is 25.0 Å². The molecular weight excluding hydrogens is 358 g/mol. The molecule has 2 aromatic rings. The minimum atomic E-state index is -0.316. The number of carbonyl (C=O) groups is 2. The Labute approximate surface area is 163 Å². The first-order valence-corrected chi connectivity index (χ1v) is 9.33. The standard InChI is InChI=1S/C21H23N3O4/c1-13-9-18-19(28-8-7-27-18)11-16(13)23-21(26)22-12-14-10-20(25)24(2)17-6-4-3-5-15(14)17/h3-6,9,11,14H,7-8,10,12H2,1-2H3,(H2,22,23,26). The first-order chi connectivity index (χ1) is 13.5. The molecule has 0 radical (unpaired) electrons. The zero-order chi connectivity index (χ0) is 19.7. The van der Waals surface area contributed by atoms with Gasteiger partial charge < -0.3 is 25.0 Å². The number of hydrogen-bond donors (Lipinski definition) is 2. The molecule has 0 aliphatic carbocycles. The van der Waals surface area contributed by atoms with E-state index < -0.39 is 0 Å². The second-order valence-corrected chi connectivity index (χ2v) is 7.06. The number of aryl methyl sites for hydroxylation is 1. The Hall–Kier alpha value is -3.22. The number of benzene rings is 2. The van der Waals surface area contributed by atoms with E-state index >= 15 is 0 Å². The summed E-state index contributed by atoms with van der Waals surface area (Å²) in [6.07, 6.45) is 0.372. The highest BCUT2D eigenvalue weighted by Gasteiger charge is 2.29. The molecule has 146 valence electrons. The Morgan fingerprint density at radius 1 is 1.18 bits per heavy atom. The van der Waals surface area contributed by atoms with Gasteiger partial charge in [0.2, 0.25) is 5.91 Å². The van der Waals surface area contributed by atoms with Gasteiger partial charge in [-0.15, -0.1) is 0 Å². The molecule has 0 spiro atoms. The maximum atomic E-state index is 12.4. The van der Waals surface area contributed by atoms with Crippen LogP contribution >= 0.6 is 0 Å². The zero-order valence-corrected chi connectivity index (χ0v) is 16.0. The van der Waals surface area contributed by atoms with Crippen molar-refractivity contribution in [2.24, 2.45) is 0 Å². The van der Waals surface area contributed by atoms with Crippen LogP contribution in [0.25, 0.3) is 0 Å². The molecule has 2 aromatic carbocycles. The van der Waals surface area contributed by atoms with Gasteiger partial charge in [-0.3, -0.25) is 4.79 Å². The molecule has 28 heavy (non-hydrogen) atoms. The second kappa shape index (κ2) is 7.42. The van der Waals surface area contributed by atoms with Crippen molar-refractivity contribution in [1.29, 1.82) is 0 Å². The molecule has 0 fully saturated rings. The van der Waals surface area contributed by atoms with E-state index in [2.05, 4.69) is 10.6 Å². The van der Waals surface area contributed by atoms with Crippen molar-refractivity contribution < 1.29 is 19.1 Å². The molecule has 0 aromatic heterocycles. The molecule has 1 unspecified atom stereocenters. The number of ether oxygens (including phenoxy) is 2. The van der Waals surface area contributed by atoms with Crippen LogP contribution in [0.3, 0.4) is 0 Å². The molecule has 1 atom stereocenters. The van der Waals surface area contributed by atoms with E-state index in [1.54, 1.807) is 18.0 Å². The van der Waals surface area contributed by atoms with Gasteiger partial charge in [0.1, 0.15) is 13.2 Å². The maximum Gasteiger partial charge on any atom is 0.319 e. The van der Waals surface area contributed by atoms with E-state index in [1.807, 2.05) is 37.3 Å². The third kappa shape index (κ3) is 3.47. The van der Waals surface area contributed by atoms with Crippen molar-refractivity contribution in [2.45, 2.75) is 19.3 Å². The van der Waals surface area contributed by atoms with E-state index in [9.17, 15) is 9.59 Å². The lowest BCUT2D eigenvalue weighted by Gasteiger charge is -2.31. The van der Waals surface area contributed by atoms with Gasteiger partial charge in [-0.25, -0.2) is 4.79 Å². The molecule has 2 aliphatic rings. The number of nitrogens with one attached hydrogen (secondary N) is 2. The minimum Gasteiger partial charge on any atom is -0.486 e. The van der Waals surface area contributed by atoms with Crippen LogP contribution in [-0.2, 0) is 4.79 Å². The van der Waals surface area contributed by atoms with Gasteiger partial charge in [0, 0.05) is 43.4 Å². The van der Waals surface area contributed by atoms with Crippen molar-refractivity contribution in [3.63, 3.8) is 0 Å². The van der Waals surface area contributed by atoms with Crippen LogP contribution in [0.4, 0.5) is 16.2 Å². The summed E-state index contributed by atoms with van der Waals surface area (Å²) < 4.78 is 11.1. The minimum absolute atomic E-state index is 0.0491. The van der Waals surface area contributed by atoms with E-state index in [-0.39, 0.29) is 17.9 Å². The van der Waals surface area contributed by atoms with Gasteiger partial charge in [0.25, 0.3) is 0 Å². The number of nitrogens with zero attached hydrogens (tertiary/aromatic N) is 1. The second-order valence-electron chi connectivity index (χ2n) is 7.06. The summed E-state index contributed by atoms with van der Waals surface area (Å²) in [6.45, 7) is 3.30. The number of anilines is 2. The number of hydrogen-bond acceptors (Lipinski definition) is 4. The summed E-state index contributed by atoms with van der Waals surface area (Å²) in [4.78, 5) is 26.4. The molecule has 7 heteroatoms. The number of urea groups is 1. The van der Waals surface area contributed by atoms with Crippen LogP contribution in [0.5, 0.6) is 11.5 Å². The first-order valence-electron chi connectivity index (χ1n) is 9.33. The molecular formula is C21H23N3O4. The summed E-state index contributed by atoms with van der Waals surface area (Å²) in [5.74, 6) is 1.32. The molecule has 0 saturated heterocycles. The summed E-state index contributed by atoms with van der Waals surface area (Å²) >= 11 is 0. The Morgan fingerprint density at radius 3 is 2.68 bits per heavy atom. The average molecular weight is 381 g/mol. The topological polar surface area (TPSA) is 79.9 Å². The SMILES string of the molecule is Cc1cc2c(cc1NC(=O)NCC1CC(=O)N(C)c3ccccc31)OCCO2. The van der Waals surface area contributed by atoms with Gasteiger partial charge >= 0.3 is 6.03 Å². The quantitative estimate of drug-likeness (QED) is 0.856. The lowest BCUT2D eigenvalue weighted by atomic mass is 9.89. The van der Waals surface area contributed by atoms with Gasteiger partial charge in [-0.1, -0.05) is 18.2 Å². The molecule has 2 heterocycles. The van der Waals surface area contributed by atoms with E-state index in [1.165, 1.54) is 0 Å². The van der Waals surface area contributed by atoms with Crippen molar-refractivity contribution >= 4 is 23.3 Å². The van der Waals surface area contributed by atoms with Crippen LogP contribution in [0.15, 0.2) is 36.4 Å². The molecule has 0 bridgehead atoms. The monoisotopic (exact) mass is 381 g/mol. The largest absolute Gasteiger partial charge is 0.486 e. The summed E-state index contributed by atoms with van der Waals surface area (Å²) in [7, 11) is 1.78. The third-order valence-electron chi connectivity index (χ3n) is 5.18. The smallest absolute Gasteiger partial charge is 0.319 e. The van der Waals surface area contributed by atoms with Crippen LogP contribution in [-0.4, -0.2) is 38.7 Å². The summed E-state index contributed by atoms with van der Waals surface area (Å²) in [6, 6.07) is 11.1. The molecule has 2 aliphatic heterocycles. The van der Waals surface area contributed by atoms with Gasteiger partial charge in [-0.2, -0.15) is 0 Å². The van der Waals surface area contributed by atoms with Gasteiger partial charge in [0.05, 0.1) is 0 Å². The predicted molar refractivity (Wildman–Crippen MR) is 106 cm³/mol. The molecule has 7 nitrogen and oxygen atoms in total. The number of carbonyl (C=O) groups excluding carboxylic acids is 2. The predicted octanol–water partition coefficient (Wildman–Crippen LogP) is 3.04. The van der Waals surface area contributed by atoms with E-state index in [0.29, 0.717) is 43.4 Å². The zero-order valence-electron chi connectivity index (χ0n) is 16.0. The van der Waals surface area contributed by atoms with Crippen molar-refractivity contribution in [2.75, 3.05) is 37.0 Å². The summed E-state index contributed by atoms with van der Waals surface area (Å²) in [5, 5.41) is 5.75. The Bertz CT molecular complexity index is 928. The number of rotatable bonds is 3. The van der Waals surface area contributed by atoms with Crippen molar-refractivity contribution in [1.82, 2.24) is 5.32 Å². The Kier molecular flexibility index (Phi) is 4.81. The highest BCUT2D eigenvalue weighted by atomic mass is 16.6. The lowest BCUT2D eigenvalue weighted by Crippen LogP contribution is -2.38. The Balaban J connectivity index is 1.43. The fraction of sp³-hybridized carbons (Fsp3) is 0.333. The molecule has 0 saturated carbocycles. The Morgan fingerprint density at radius 2 is 1.89 bits per heavy atom. The summed E-state index contributed by atoms with van der Waals surface area (Å²) in [5.41, 5.74) is 3.52. The van der Waals surface area contributed by atoms with Crippen molar-refractivity contribution in [3.05, 3.63) is 47.5 Å². The van der Waals surface area contributed by atoms with Gasteiger partial charge in [-0.05, 0) is 30.2 Å². The van der Waals surface area contributed by atoms with E-state index in [4.69, 9.17) is 9.47 Å². The van der Waals surface area contributed by atoms with Gasteiger partial charge in [0.15, 0.2) is 11.5 Å². The molecule has 4 rings (SSSR count). The highest BCUT2D eigenvalue weighted by Crippen LogP contribution is 2.36. The van der Waals surface area contributed by atoms with E-state index in [0.717, 1.165) is 16.8 Å². The lowest BCUT2D eigenvalue weighted by molar-refractivity contribution is -0.119. The fourth-order valence-corrected chi connectivity index (χ4v) is 3.62. The number of para-hydroxylation sites is 1. The highest BCUT2D eigenvalue weighted by molar-refractivity contribution is 5.97.